The van der Waals surface area contributed by atoms with Crippen LogP contribution in [-0.4, -0.2) is 81.5 Å². The molecule has 0 bridgehead atoms. The van der Waals surface area contributed by atoms with Crippen molar-refractivity contribution < 1.29 is 29.4 Å². The molecule has 0 spiro atoms. The van der Waals surface area contributed by atoms with Crippen molar-refractivity contribution in [3.8, 4) is 0 Å². The van der Waals surface area contributed by atoms with E-state index in [1.54, 1.807) is 31.2 Å². The Morgan fingerprint density at radius 2 is 1.30 bits per heavy atom. The van der Waals surface area contributed by atoms with Gasteiger partial charge in [-0.25, -0.2) is 0 Å². The Hall–Kier alpha value is -5.58. The summed E-state index contributed by atoms with van der Waals surface area (Å²) < 4.78 is 0. The number of nitrogens with one attached hydrogen (secondary N) is 2. The second kappa shape index (κ2) is 17.2. The Morgan fingerprint density at radius 1 is 0.780 bits per heavy atom. The topological polar surface area (TPSA) is 139 Å². The van der Waals surface area contributed by atoms with E-state index in [1.807, 2.05) is 97.1 Å². The number of amides is 4. The molecule has 0 aliphatic carbocycles. The minimum Gasteiger partial charge on any atom is -0.392 e. The average Bonchev–Trinajstić information content (AvgIpc) is 3.51. The lowest BCUT2D eigenvalue weighted by atomic mass is 10.1. The smallest absolute Gasteiger partial charge is 0.247 e. The number of β-amino-alcohol motifs (C(OH)–C–C–N with tert-alkyl or cyclic N) is 1. The third-order valence-electron chi connectivity index (χ3n) is 8.31. The highest BCUT2D eigenvalue weighted by Crippen LogP contribution is 2.22. The summed E-state index contributed by atoms with van der Waals surface area (Å²) in [6.45, 7) is 1.58. The van der Waals surface area contributed by atoms with Gasteiger partial charge >= 0.3 is 0 Å². The van der Waals surface area contributed by atoms with Gasteiger partial charge in [-0.05, 0) is 53.4 Å². The predicted octanol–water partition coefficient (Wildman–Crippen LogP) is 4.39. The average molecular weight is 675 g/mol. The van der Waals surface area contributed by atoms with Crippen molar-refractivity contribution in [2.24, 2.45) is 0 Å². The number of benzene rings is 4. The quantitative estimate of drug-likeness (QED) is 0.155. The molecule has 0 radical (unpaired) electrons. The maximum absolute atomic E-state index is 13.1. The maximum atomic E-state index is 13.1. The maximum Gasteiger partial charge on any atom is 0.247 e. The number of aliphatic hydroxyl groups is 2. The van der Waals surface area contributed by atoms with Crippen LogP contribution in [0.1, 0.15) is 35.6 Å². The first-order chi connectivity index (χ1) is 24.1. The lowest BCUT2D eigenvalue weighted by molar-refractivity contribution is -0.136. The van der Waals surface area contributed by atoms with E-state index >= 15 is 0 Å². The predicted molar refractivity (Wildman–Crippen MR) is 194 cm³/mol. The molecule has 4 N–H and O–H groups in total. The third-order valence-corrected chi connectivity index (χ3v) is 8.31. The van der Waals surface area contributed by atoms with Gasteiger partial charge in [-0.3, -0.25) is 19.2 Å². The molecular weight excluding hydrogens is 632 g/mol. The molecule has 0 aromatic heterocycles. The van der Waals surface area contributed by atoms with Gasteiger partial charge in [0.15, 0.2) is 0 Å². The molecule has 1 aliphatic heterocycles. The van der Waals surface area contributed by atoms with E-state index < -0.39 is 18.2 Å². The number of nitrogens with zero attached hydrogens (tertiary/aromatic N) is 2. The first-order valence-corrected chi connectivity index (χ1v) is 16.6. The van der Waals surface area contributed by atoms with E-state index in [2.05, 4.69) is 10.6 Å². The Morgan fingerprint density at radius 3 is 1.84 bits per heavy atom. The highest BCUT2D eigenvalue weighted by atomic mass is 16.3. The summed E-state index contributed by atoms with van der Waals surface area (Å²) in [5, 5.41) is 25.8. The number of carbonyl (C=O) groups excluding carboxylic acids is 4. The Kier molecular flexibility index (Phi) is 12.3. The van der Waals surface area contributed by atoms with Crippen LogP contribution in [0.2, 0.25) is 0 Å². The van der Waals surface area contributed by atoms with Gasteiger partial charge in [0.05, 0.1) is 31.6 Å². The van der Waals surface area contributed by atoms with Crippen molar-refractivity contribution in [3.05, 3.63) is 131 Å². The number of carbonyl (C=O) groups is 4. The fourth-order valence-electron chi connectivity index (χ4n) is 5.81. The van der Waals surface area contributed by atoms with Gasteiger partial charge in [-0.1, -0.05) is 97.1 Å². The highest BCUT2D eigenvalue weighted by molar-refractivity contribution is 5.98. The molecule has 50 heavy (non-hydrogen) atoms. The standard InChI is InChI=1S/C40H42N4O6/c1-28(45)25-43(38(48)22-31-8-4-2-5-9-31)27-37(47)41-33-18-14-29(15-19-33)12-13-30-16-20-34(21-17-30)42-40(50)36-24-35(46)26-44(36)39(49)23-32-10-6-3-7-11-32/h2-21,28,35-36,45-46H,22-27H2,1H3,(H,41,47)(H,42,50)/b13-12+/t28-,35-,36+/m1/s1. The van der Waals surface area contributed by atoms with E-state index in [-0.39, 0.29) is 62.5 Å². The number of likely N-dealkylation sites (tertiary alicyclic amines) is 1. The molecule has 258 valence electrons. The zero-order valence-corrected chi connectivity index (χ0v) is 27.9. The summed E-state index contributed by atoms with van der Waals surface area (Å²) in [6.07, 6.45) is 2.80. The van der Waals surface area contributed by atoms with Gasteiger partial charge in [-0.15, -0.1) is 0 Å². The van der Waals surface area contributed by atoms with Gasteiger partial charge in [0.1, 0.15) is 6.04 Å². The molecule has 4 amide bonds. The van der Waals surface area contributed by atoms with Crippen molar-refractivity contribution in [2.45, 2.75) is 44.4 Å². The van der Waals surface area contributed by atoms with Gasteiger partial charge < -0.3 is 30.6 Å². The fraction of sp³-hybridized carbons (Fsp3) is 0.250. The summed E-state index contributed by atoms with van der Waals surface area (Å²) in [7, 11) is 0. The van der Waals surface area contributed by atoms with Crippen LogP contribution in [-0.2, 0) is 32.0 Å². The van der Waals surface area contributed by atoms with E-state index in [0.29, 0.717) is 11.4 Å². The van der Waals surface area contributed by atoms with Crippen molar-refractivity contribution in [2.75, 3.05) is 30.3 Å². The molecule has 3 atom stereocenters. The summed E-state index contributed by atoms with van der Waals surface area (Å²) in [4.78, 5) is 54.6. The monoisotopic (exact) mass is 674 g/mol. The molecule has 5 rings (SSSR count). The van der Waals surface area contributed by atoms with Crippen molar-refractivity contribution in [1.29, 1.82) is 0 Å². The normalized spacial score (nSPS) is 16.2. The van der Waals surface area contributed by atoms with Crippen LogP contribution in [0.25, 0.3) is 12.2 Å². The highest BCUT2D eigenvalue weighted by Gasteiger charge is 2.38. The van der Waals surface area contributed by atoms with Crippen molar-refractivity contribution in [1.82, 2.24) is 9.80 Å². The molecule has 0 unspecified atom stereocenters. The molecule has 1 heterocycles. The molecule has 4 aromatic carbocycles. The van der Waals surface area contributed by atoms with Gasteiger partial charge in [0.25, 0.3) is 0 Å². The summed E-state index contributed by atoms with van der Waals surface area (Å²) in [5.41, 5.74) is 4.64. The van der Waals surface area contributed by atoms with E-state index in [9.17, 15) is 29.4 Å². The fourth-order valence-corrected chi connectivity index (χ4v) is 5.81. The Balaban J connectivity index is 1.11. The molecule has 10 nitrogen and oxygen atoms in total. The Labute approximate surface area is 292 Å². The molecule has 0 saturated carbocycles. The zero-order valence-electron chi connectivity index (χ0n) is 27.9. The first-order valence-electron chi connectivity index (χ1n) is 16.6. The number of hydrogen-bond donors (Lipinski definition) is 4. The molecule has 1 saturated heterocycles. The van der Waals surface area contributed by atoms with Crippen LogP contribution < -0.4 is 10.6 Å². The first kappa shape index (κ1) is 35.7. The van der Waals surface area contributed by atoms with E-state index in [0.717, 1.165) is 22.3 Å². The van der Waals surface area contributed by atoms with Gasteiger partial charge in [-0.2, -0.15) is 0 Å². The summed E-state index contributed by atoms with van der Waals surface area (Å²) >= 11 is 0. The van der Waals surface area contributed by atoms with Crippen molar-refractivity contribution >= 4 is 47.2 Å². The van der Waals surface area contributed by atoms with Crippen LogP contribution in [0.4, 0.5) is 11.4 Å². The number of rotatable bonds is 13. The molecular formula is C40H42N4O6. The van der Waals surface area contributed by atoms with Gasteiger partial charge in [0.2, 0.25) is 23.6 Å². The van der Waals surface area contributed by atoms with E-state index in [1.165, 1.54) is 9.80 Å². The van der Waals surface area contributed by atoms with Crippen LogP contribution in [0.3, 0.4) is 0 Å². The number of anilines is 2. The number of hydrogen-bond acceptors (Lipinski definition) is 6. The van der Waals surface area contributed by atoms with Crippen LogP contribution >= 0.6 is 0 Å². The van der Waals surface area contributed by atoms with Gasteiger partial charge in [0, 0.05) is 30.9 Å². The minimum absolute atomic E-state index is 0.0512. The third kappa shape index (κ3) is 10.5. The van der Waals surface area contributed by atoms with Crippen molar-refractivity contribution in [3.63, 3.8) is 0 Å². The molecule has 4 aromatic rings. The number of aliphatic hydroxyl groups excluding tert-OH is 2. The summed E-state index contributed by atoms with van der Waals surface area (Å²) in [5.74, 6) is -1.14. The Bertz CT molecular complexity index is 1780. The minimum atomic E-state index is -0.774. The molecule has 10 heteroatoms. The second-order valence-corrected chi connectivity index (χ2v) is 12.5. The second-order valence-electron chi connectivity index (χ2n) is 12.5. The zero-order chi connectivity index (χ0) is 35.5. The van der Waals surface area contributed by atoms with E-state index in [4.69, 9.17) is 0 Å². The molecule has 1 aliphatic rings. The molecule has 1 fully saturated rings. The SMILES string of the molecule is C[C@@H](O)CN(CC(=O)Nc1ccc(/C=C/c2ccc(NC(=O)[C@@H]3C[C@@H](O)CN3C(=O)Cc3ccccc3)cc2)cc1)C(=O)Cc1ccccc1. The van der Waals surface area contributed by atoms with Crippen LogP contribution in [0, 0.1) is 0 Å². The lowest BCUT2D eigenvalue weighted by Crippen LogP contribution is -2.43. The summed E-state index contributed by atoms with van der Waals surface area (Å²) in [6, 6.07) is 32.4. The largest absolute Gasteiger partial charge is 0.392 e. The lowest BCUT2D eigenvalue weighted by Gasteiger charge is -2.24. The van der Waals surface area contributed by atoms with Crippen LogP contribution in [0.5, 0.6) is 0 Å². The van der Waals surface area contributed by atoms with Crippen LogP contribution in [0.15, 0.2) is 109 Å².